The lowest BCUT2D eigenvalue weighted by molar-refractivity contribution is -0.125. The van der Waals surface area contributed by atoms with Gasteiger partial charge in [0.2, 0.25) is 5.91 Å². The third-order valence-corrected chi connectivity index (χ3v) is 3.54. The number of allylic oxidation sites excluding steroid dienone is 2. The zero-order valence-corrected chi connectivity index (χ0v) is 8.52. The Bertz CT molecular complexity index is 430. The zero-order valence-electron chi connectivity index (χ0n) is 8.52. The average Bonchev–Trinajstić information content (AvgIpc) is 2.75. The first kappa shape index (κ1) is 8.72. The first-order valence-corrected chi connectivity index (χ1v) is 5.28. The Morgan fingerprint density at radius 3 is 3.20 bits per heavy atom. The van der Waals surface area contributed by atoms with E-state index in [-0.39, 0.29) is 11.4 Å². The van der Waals surface area contributed by atoms with Crippen LogP contribution in [-0.4, -0.2) is 22.9 Å². The van der Waals surface area contributed by atoms with Gasteiger partial charge in [-0.25, -0.2) is 0 Å². The summed E-state index contributed by atoms with van der Waals surface area (Å²) in [7, 11) is 0. The monoisotopic (exact) mass is 199 g/mol. The third-order valence-electron chi connectivity index (χ3n) is 3.54. The SMILES string of the molecule is C=C[C@@H]1C=C[C@@]23C=CCN2C(=O)C=C3C1. The van der Waals surface area contributed by atoms with Gasteiger partial charge < -0.3 is 4.90 Å². The van der Waals surface area contributed by atoms with Crippen LogP contribution in [0.1, 0.15) is 6.42 Å². The van der Waals surface area contributed by atoms with Crippen LogP contribution in [0.3, 0.4) is 0 Å². The summed E-state index contributed by atoms with van der Waals surface area (Å²) in [6.07, 6.45) is 13.2. The smallest absolute Gasteiger partial charge is 0.248 e. The van der Waals surface area contributed by atoms with Crippen molar-refractivity contribution < 1.29 is 4.79 Å². The number of carbonyl (C=O) groups excluding carboxylic acids is 1. The van der Waals surface area contributed by atoms with E-state index in [1.807, 2.05) is 11.0 Å². The Morgan fingerprint density at radius 1 is 1.53 bits per heavy atom. The van der Waals surface area contributed by atoms with Crippen molar-refractivity contribution in [3.8, 4) is 0 Å². The van der Waals surface area contributed by atoms with Gasteiger partial charge in [0.05, 0.1) is 0 Å². The van der Waals surface area contributed by atoms with Gasteiger partial charge in [-0.2, -0.15) is 0 Å². The molecule has 0 unspecified atom stereocenters. The Balaban J connectivity index is 2.10. The van der Waals surface area contributed by atoms with Crippen molar-refractivity contribution in [1.29, 1.82) is 0 Å². The molecule has 1 aliphatic carbocycles. The van der Waals surface area contributed by atoms with Crippen LogP contribution in [0.25, 0.3) is 0 Å². The van der Waals surface area contributed by atoms with Crippen LogP contribution in [0.4, 0.5) is 0 Å². The Labute approximate surface area is 89.3 Å². The Kier molecular flexibility index (Phi) is 1.58. The van der Waals surface area contributed by atoms with Gasteiger partial charge in [-0.05, 0) is 17.9 Å². The van der Waals surface area contributed by atoms with Gasteiger partial charge >= 0.3 is 0 Å². The average molecular weight is 199 g/mol. The summed E-state index contributed by atoms with van der Waals surface area (Å²) in [6.45, 7) is 4.54. The fourth-order valence-electron chi connectivity index (χ4n) is 2.70. The lowest BCUT2D eigenvalue weighted by atomic mass is 9.79. The maximum atomic E-state index is 11.8. The highest BCUT2D eigenvalue weighted by molar-refractivity contribution is 5.95. The van der Waals surface area contributed by atoms with E-state index in [4.69, 9.17) is 0 Å². The van der Waals surface area contributed by atoms with Crippen molar-refractivity contribution in [3.63, 3.8) is 0 Å². The minimum atomic E-state index is -0.212. The van der Waals surface area contributed by atoms with Crippen LogP contribution in [0.15, 0.2) is 48.6 Å². The molecule has 2 heteroatoms. The molecule has 76 valence electrons. The van der Waals surface area contributed by atoms with E-state index in [1.54, 1.807) is 6.08 Å². The lowest BCUT2D eigenvalue weighted by Crippen LogP contribution is -2.43. The van der Waals surface area contributed by atoms with Crippen molar-refractivity contribution >= 4 is 5.91 Å². The van der Waals surface area contributed by atoms with Crippen LogP contribution >= 0.6 is 0 Å². The maximum absolute atomic E-state index is 11.8. The Morgan fingerprint density at radius 2 is 2.40 bits per heavy atom. The molecule has 3 aliphatic rings. The molecule has 2 aliphatic heterocycles. The minimum Gasteiger partial charge on any atom is -0.319 e. The summed E-state index contributed by atoms with van der Waals surface area (Å²) in [5.41, 5.74) is 1.00. The first-order valence-electron chi connectivity index (χ1n) is 5.28. The van der Waals surface area contributed by atoms with Crippen molar-refractivity contribution in [1.82, 2.24) is 4.90 Å². The highest BCUT2D eigenvalue weighted by Crippen LogP contribution is 2.43. The van der Waals surface area contributed by atoms with E-state index < -0.39 is 0 Å². The van der Waals surface area contributed by atoms with Gasteiger partial charge in [0.1, 0.15) is 5.54 Å². The molecule has 0 fully saturated rings. The van der Waals surface area contributed by atoms with Gasteiger partial charge in [-0.1, -0.05) is 30.4 Å². The lowest BCUT2D eigenvalue weighted by Gasteiger charge is -2.35. The van der Waals surface area contributed by atoms with Crippen LogP contribution in [0, 0.1) is 5.92 Å². The quantitative estimate of drug-likeness (QED) is 0.590. The molecular formula is C13H13NO. The van der Waals surface area contributed by atoms with Crippen molar-refractivity contribution in [3.05, 3.63) is 48.6 Å². The second-order valence-corrected chi connectivity index (χ2v) is 4.31. The molecule has 2 nitrogen and oxygen atoms in total. The fraction of sp³-hybridized carbons (Fsp3) is 0.308. The second-order valence-electron chi connectivity index (χ2n) is 4.31. The molecule has 15 heavy (non-hydrogen) atoms. The van der Waals surface area contributed by atoms with Gasteiger partial charge in [-0.3, -0.25) is 4.79 Å². The summed E-state index contributed by atoms with van der Waals surface area (Å²) in [5, 5.41) is 0. The molecule has 2 atom stereocenters. The molecule has 3 rings (SSSR count). The van der Waals surface area contributed by atoms with Gasteiger partial charge in [0, 0.05) is 12.6 Å². The first-order chi connectivity index (χ1) is 7.26. The van der Waals surface area contributed by atoms with Crippen LogP contribution in [-0.2, 0) is 4.79 Å². The van der Waals surface area contributed by atoms with Crippen LogP contribution in [0.5, 0.6) is 0 Å². The molecule has 0 aromatic rings. The summed E-state index contributed by atoms with van der Waals surface area (Å²) in [5.74, 6) is 0.521. The highest BCUT2D eigenvalue weighted by Gasteiger charge is 2.47. The molecule has 0 bridgehead atoms. The molecule has 0 saturated carbocycles. The van der Waals surface area contributed by atoms with Crippen molar-refractivity contribution in [2.75, 3.05) is 6.54 Å². The molecule has 0 radical (unpaired) electrons. The van der Waals surface area contributed by atoms with Crippen LogP contribution in [0.2, 0.25) is 0 Å². The number of rotatable bonds is 1. The molecule has 0 aromatic heterocycles. The normalized spacial score (nSPS) is 36.5. The second kappa shape index (κ2) is 2.72. The highest BCUT2D eigenvalue weighted by atomic mass is 16.2. The van der Waals surface area contributed by atoms with Crippen molar-refractivity contribution in [2.24, 2.45) is 5.92 Å². The van der Waals surface area contributed by atoms with E-state index in [0.29, 0.717) is 5.92 Å². The topological polar surface area (TPSA) is 20.3 Å². The Hall–Kier alpha value is -1.57. The van der Waals surface area contributed by atoms with E-state index in [1.165, 1.54) is 5.57 Å². The molecule has 1 spiro atoms. The fourth-order valence-corrected chi connectivity index (χ4v) is 2.70. The maximum Gasteiger partial charge on any atom is 0.248 e. The molecule has 2 heterocycles. The molecule has 0 saturated heterocycles. The van der Waals surface area contributed by atoms with Gasteiger partial charge in [0.25, 0.3) is 0 Å². The standard InChI is InChI=1S/C13H13NO/c1-2-10-4-6-13-5-3-7-14(13)12(15)9-11(13)8-10/h2-6,9-10H,1,7-8H2/t10-,13-/m1/s1. The largest absolute Gasteiger partial charge is 0.319 e. The number of hydrogen-bond donors (Lipinski definition) is 0. The summed E-state index contributed by atoms with van der Waals surface area (Å²) < 4.78 is 0. The number of amides is 1. The predicted octanol–water partition coefficient (Wildman–Crippen LogP) is 1.83. The van der Waals surface area contributed by atoms with E-state index in [9.17, 15) is 4.79 Å². The summed E-state index contributed by atoms with van der Waals surface area (Å²) >= 11 is 0. The minimum absolute atomic E-state index is 0.143. The molecule has 1 amide bonds. The third kappa shape index (κ3) is 0.965. The van der Waals surface area contributed by atoms with Gasteiger partial charge in [-0.15, -0.1) is 6.58 Å². The van der Waals surface area contributed by atoms with E-state index >= 15 is 0 Å². The molecule has 0 aromatic carbocycles. The van der Waals surface area contributed by atoms with Gasteiger partial charge in [0.15, 0.2) is 0 Å². The van der Waals surface area contributed by atoms with E-state index in [0.717, 1.165) is 13.0 Å². The van der Waals surface area contributed by atoms with E-state index in [2.05, 4.69) is 30.9 Å². The number of nitrogens with zero attached hydrogens (tertiary/aromatic N) is 1. The summed E-state index contributed by atoms with van der Waals surface area (Å²) in [6, 6.07) is 0. The summed E-state index contributed by atoms with van der Waals surface area (Å²) in [4.78, 5) is 13.7. The zero-order chi connectivity index (χ0) is 10.5. The van der Waals surface area contributed by atoms with Crippen molar-refractivity contribution in [2.45, 2.75) is 12.0 Å². The molecular weight excluding hydrogens is 186 g/mol. The van der Waals surface area contributed by atoms with Crippen LogP contribution < -0.4 is 0 Å². The predicted molar refractivity (Wildman–Crippen MR) is 59.1 cm³/mol. The number of hydrogen-bond acceptors (Lipinski definition) is 1. The number of carbonyl (C=O) groups is 1. The molecule has 0 N–H and O–H groups in total.